The molecule has 90 valence electrons. The van der Waals surface area contributed by atoms with Crippen LogP contribution in [0.15, 0.2) is 12.1 Å². The molecule has 0 spiro atoms. The van der Waals surface area contributed by atoms with Gasteiger partial charge < -0.3 is 10.1 Å². The topological polar surface area (TPSA) is 21.3 Å². The van der Waals surface area contributed by atoms with Gasteiger partial charge in [-0.2, -0.15) is 0 Å². The number of ether oxygens (including phenoxy) is 1. The van der Waals surface area contributed by atoms with Gasteiger partial charge in [-0.1, -0.05) is 30.1 Å². The zero-order valence-electron chi connectivity index (χ0n) is 9.81. The quantitative estimate of drug-likeness (QED) is 0.869. The second-order valence-electron chi connectivity index (χ2n) is 3.77. The Morgan fingerprint density at radius 1 is 1.38 bits per heavy atom. The highest BCUT2D eigenvalue weighted by atomic mass is 35.5. The van der Waals surface area contributed by atoms with Crippen molar-refractivity contribution in [3.8, 4) is 5.75 Å². The van der Waals surface area contributed by atoms with Gasteiger partial charge in [0.25, 0.3) is 0 Å². The summed E-state index contributed by atoms with van der Waals surface area (Å²) >= 11 is 12.0. The van der Waals surface area contributed by atoms with Crippen molar-refractivity contribution in [2.24, 2.45) is 0 Å². The summed E-state index contributed by atoms with van der Waals surface area (Å²) in [5.74, 6) is 0.696. The number of hydrogen-bond donors (Lipinski definition) is 1. The first-order valence-corrected chi connectivity index (χ1v) is 6.09. The Labute approximate surface area is 107 Å². The third kappa shape index (κ3) is 3.55. The lowest BCUT2D eigenvalue weighted by Crippen LogP contribution is -2.24. The third-order valence-electron chi connectivity index (χ3n) is 2.54. The van der Waals surface area contributed by atoms with Crippen LogP contribution in [-0.4, -0.2) is 13.2 Å². The first-order valence-electron chi connectivity index (χ1n) is 5.33. The number of methoxy groups -OCH3 is 1. The van der Waals surface area contributed by atoms with Gasteiger partial charge in [0.15, 0.2) is 0 Å². The highest BCUT2D eigenvalue weighted by Crippen LogP contribution is 2.32. The Morgan fingerprint density at radius 3 is 2.62 bits per heavy atom. The molecule has 0 saturated carbocycles. The third-order valence-corrected chi connectivity index (χ3v) is 3.04. The summed E-state index contributed by atoms with van der Waals surface area (Å²) in [5.41, 5.74) is 0.986. The van der Waals surface area contributed by atoms with Gasteiger partial charge >= 0.3 is 0 Å². The molecule has 16 heavy (non-hydrogen) atoms. The van der Waals surface area contributed by atoms with E-state index in [1.54, 1.807) is 13.2 Å². The molecule has 4 heteroatoms. The van der Waals surface area contributed by atoms with E-state index < -0.39 is 0 Å². The minimum Gasteiger partial charge on any atom is -0.495 e. The van der Waals surface area contributed by atoms with Gasteiger partial charge in [-0.05, 0) is 25.5 Å². The standard InChI is InChI=1S/C12H17Cl2NO/c1-4-8(2)15-7-9-5-10(13)6-11(14)12(9)16-3/h5-6,8,15H,4,7H2,1-3H3/t8-/m0/s1. The van der Waals surface area contributed by atoms with Gasteiger partial charge in [0.1, 0.15) is 5.75 Å². The van der Waals surface area contributed by atoms with E-state index in [2.05, 4.69) is 19.2 Å². The van der Waals surface area contributed by atoms with Crippen molar-refractivity contribution in [1.82, 2.24) is 5.32 Å². The first-order chi connectivity index (χ1) is 7.58. The second kappa shape index (κ2) is 6.33. The van der Waals surface area contributed by atoms with Crippen molar-refractivity contribution in [2.75, 3.05) is 7.11 Å². The monoisotopic (exact) mass is 261 g/mol. The number of halogens is 2. The van der Waals surface area contributed by atoms with Crippen LogP contribution in [0.3, 0.4) is 0 Å². The summed E-state index contributed by atoms with van der Waals surface area (Å²) in [4.78, 5) is 0. The molecular weight excluding hydrogens is 245 g/mol. The zero-order valence-corrected chi connectivity index (χ0v) is 11.3. The summed E-state index contributed by atoms with van der Waals surface area (Å²) in [5, 5.41) is 4.56. The Bertz CT molecular complexity index is 355. The highest BCUT2D eigenvalue weighted by molar-refractivity contribution is 6.35. The van der Waals surface area contributed by atoms with E-state index in [1.807, 2.05) is 6.07 Å². The molecule has 1 rings (SSSR count). The van der Waals surface area contributed by atoms with Crippen molar-refractivity contribution >= 4 is 23.2 Å². The van der Waals surface area contributed by atoms with Crippen molar-refractivity contribution in [1.29, 1.82) is 0 Å². The lowest BCUT2D eigenvalue weighted by molar-refractivity contribution is 0.405. The lowest BCUT2D eigenvalue weighted by Gasteiger charge is -2.15. The SMILES string of the molecule is CC[C@H](C)NCc1cc(Cl)cc(Cl)c1OC. The molecule has 0 aromatic heterocycles. The zero-order chi connectivity index (χ0) is 12.1. The predicted octanol–water partition coefficient (Wildman–Crippen LogP) is 3.89. The molecule has 2 nitrogen and oxygen atoms in total. The second-order valence-corrected chi connectivity index (χ2v) is 4.61. The van der Waals surface area contributed by atoms with E-state index in [-0.39, 0.29) is 0 Å². The molecule has 1 atom stereocenters. The van der Waals surface area contributed by atoms with Crippen molar-refractivity contribution in [3.63, 3.8) is 0 Å². The maximum absolute atomic E-state index is 6.05. The van der Waals surface area contributed by atoms with E-state index >= 15 is 0 Å². The maximum Gasteiger partial charge on any atom is 0.142 e. The molecule has 0 aliphatic rings. The van der Waals surface area contributed by atoms with Crippen LogP contribution in [0.5, 0.6) is 5.75 Å². The van der Waals surface area contributed by atoms with Crippen LogP contribution >= 0.6 is 23.2 Å². The van der Waals surface area contributed by atoms with Crippen LogP contribution in [0.25, 0.3) is 0 Å². The van der Waals surface area contributed by atoms with Gasteiger partial charge in [0.05, 0.1) is 12.1 Å². The van der Waals surface area contributed by atoms with E-state index in [4.69, 9.17) is 27.9 Å². The van der Waals surface area contributed by atoms with E-state index in [1.165, 1.54) is 0 Å². The normalized spacial score (nSPS) is 12.6. The molecule has 0 heterocycles. The number of hydrogen-bond acceptors (Lipinski definition) is 2. The van der Waals surface area contributed by atoms with Crippen LogP contribution in [0.1, 0.15) is 25.8 Å². The fraction of sp³-hybridized carbons (Fsp3) is 0.500. The average molecular weight is 262 g/mol. The van der Waals surface area contributed by atoms with Crippen LogP contribution in [-0.2, 0) is 6.54 Å². The highest BCUT2D eigenvalue weighted by Gasteiger charge is 2.10. The fourth-order valence-corrected chi connectivity index (χ4v) is 2.01. The minimum absolute atomic E-state index is 0.461. The molecule has 1 aromatic rings. The molecule has 0 saturated heterocycles. The fourth-order valence-electron chi connectivity index (χ4n) is 1.40. The predicted molar refractivity (Wildman–Crippen MR) is 69.6 cm³/mol. The molecule has 0 fully saturated rings. The van der Waals surface area contributed by atoms with E-state index in [0.29, 0.717) is 28.4 Å². The Hall–Kier alpha value is -0.440. The number of benzene rings is 1. The number of nitrogens with one attached hydrogen (secondary N) is 1. The average Bonchev–Trinajstić information content (AvgIpc) is 2.25. The van der Waals surface area contributed by atoms with Crippen molar-refractivity contribution < 1.29 is 4.74 Å². The summed E-state index contributed by atoms with van der Waals surface area (Å²) in [6, 6.07) is 4.03. The molecule has 1 aromatic carbocycles. The summed E-state index contributed by atoms with van der Waals surface area (Å²) < 4.78 is 5.27. The van der Waals surface area contributed by atoms with Gasteiger partial charge in [0.2, 0.25) is 0 Å². The maximum atomic E-state index is 6.05. The van der Waals surface area contributed by atoms with Gasteiger partial charge in [-0.3, -0.25) is 0 Å². The van der Waals surface area contributed by atoms with Crippen LogP contribution < -0.4 is 10.1 Å². The number of rotatable bonds is 5. The lowest BCUT2D eigenvalue weighted by atomic mass is 10.1. The van der Waals surface area contributed by atoms with Gasteiger partial charge in [-0.25, -0.2) is 0 Å². The Kier molecular flexibility index (Phi) is 5.39. The molecule has 0 amide bonds. The summed E-state index contributed by atoms with van der Waals surface area (Å²) in [7, 11) is 1.61. The smallest absolute Gasteiger partial charge is 0.142 e. The molecule has 0 unspecified atom stereocenters. The van der Waals surface area contributed by atoms with Crippen LogP contribution in [0.4, 0.5) is 0 Å². The van der Waals surface area contributed by atoms with Crippen LogP contribution in [0, 0.1) is 0 Å². The molecule has 0 aliphatic carbocycles. The van der Waals surface area contributed by atoms with E-state index in [0.717, 1.165) is 12.0 Å². The van der Waals surface area contributed by atoms with Gasteiger partial charge in [0, 0.05) is 23.2 Å². The Balaban J connectivity index is 2.85. The molecule has 0 radical (unpaired) electrons. The molecule has 0 bridgehead atoms. The Morgan fingerprint density at radius 2 is 2.06 bits per heavy atom. The largest absolute Gasteiger partial charge is 0.495 e. The van der Waals surface area contributed by atoms with Crippen molar-refractivity contribution in [3.05, 3.63) is 27.7 Å². The summed E-state index contributed by atoms with van der Waals surface area (Å²) in [6.45, 7) is 4.98. The summed E-state index contributed by atoms with van der Waals surface area (Å²) in [6.07, 6.45) is 1.08. The molecular formula is C12H17Cl2NO. The first kappa shape index (κ1) is 13.6. The van der Waals surface area contributed by atoms with E-state index in [9.17, 15) is 0 Å². The molecule has 0 aliphatic heterocycles. The molecule has 1 N–H and O–H groups in total. The van der Waals surface area contributed by atoms with Gasteiger partial charge in [-0.15, -0.1) is 0 Å². The van der Waals surface area contributed by atoms with Crippen LogP contribution in [0.2, 0.25) is 10.0 Å². The minimum atomic E-state index is 0.461. The van der Waals surface area contributed by atoms with Crippen molar-refractivity contribution in [2.45, 2.75) is 32.9 Å².